The summed E-state index contributed by atoms with van der Waals surface area (Å²) in [6, 6.07) is 20.6. The number of Topliss-reactive ketones (excluding diaryl/α,β-unsaturated/α-hetero) is 2. The smallest absolute Gasteiger partial charge is 0.220 e. The molecule has 3 saturated heterocycles. The predicted octanol–water partition coefficient (Wildman–Crippen LogP) is 21.9. The van der Waals surface area contributed by atoms with Gasteiger partial charge in [-0.25, -0.2) is 47.5 Å². The third kappa shape index (κ3) is 23.1. The van der Waals surface area contributed by atoms with Gasteiger partial charge in [0.2, 0.25) is 5.91 Å². The number of aryl methyl sites for hydroxylation is 11. The number of aliphatic imine (C=N–C) groups is 1. The Kier molecular flexibility index (Phi) is 31.8. The van der Waals surface area contributed by atoms with Gasteiger partial charge in [-0.05, 0) is 241 Å². The van der Waals surface area contributed by atoms with Crippen LogP contribution in [0.4, 0.5) is 63.1 Å². The zero-order valence-electron chi connectivity index (χ0n) is 84.9. The summed E-state index contributed by atoms with van der Waals surface area (Å²) in [6.45, 7) is 17.5. The van der Waals surface area contributed by atoms with E-state index in [1.165, 1.54) is 28.4 Å². The van der Waals surface area contributed by atoms with Crippen molar-refractivity contribution in [1.82, 2.24) is 87.7 Å². The van der Waals surface area contributed by atoms with Crippen LogP contribution in [-0.4, -0.2) is 159 Å². The predicted molar refractivity (Wildman–Crippen MR) is 558 cm³/mol. The van der Waals surface area contributed by atoms with E-state index in [1.54, 1.807) is 108 Å². The number of ether oxygens (including phenoxy) is 7. The van der Waals surface area contributed by atoms with Crippen LogP contribution in [0.5, 0.6) is 23.0 Å². The van der Waals surface area contributed by atoms with Crippen LogP contribution in [0.1, 0.15) is 179 Å². The van der Waals surface area contributed by atoms with Gasteiger partial charge >= 0.3 is 0 Å². The Balaban J connectivity index is 0.000000127. The minimum atomic E-state index is -0.504. The highest BCUT2D eigenvalue weighted by Crippen LogP contribution is 2.47. The van der Waals surface area contributed by atoms with Crippen LogP contribution in [-0.2, 0) is 76.0 Å². The third-order valence-corrected chi connectivity index (χ3v) is 27.1. The van der Waals surface area contributed by atoms with Gasteiger partial charge in [-0.2, -0.15) is 20.4 Å². The number of pyridine rings is 4. The number of methoxy groups -OCH3 is 4. The summed E-state index contributed by atoms with van der Waals surface area (Å²) in [6.07, 6.45) is 23.3. The van der Waals surface area contributed by atoms with Gasteiger partial charge in [-0.3, -0.25) is 56.8 Å². The van der Waals surface area contributed by atoms with E-state index >= 15 is 13.2 Å². The number of hydrogen-bond acceptors (Lipinski definition) is 26. The molecule has 7 aliphatic rings. The number of aromatic nitrogens is 18. The summed E-state index contributed by atoms with van der Waals surface area (Å²) in [5.74, 6) is 1.59. The van der Waals surface area contributed by atoms with Crippen molar-refractivity contribution in [2.24, 2.45) is 56.7 Å². The molecular formula is C106H119Cl3F4N24O10. The summed E-state index contributed by atoms with van der Waals surface area (Å²) in [7, 11) is 12.9. The van der Waals surface area contributed by atoms with E-state index in [1.807, 2.05) is 106 Å². The lowest BCUT2D eigenvalue weighted by Gasteiger charge is -2.25. The Morgan fingerprint density at radius 2 is 0.748 bits per heavy atom. The fourth-order valence-corrected chi connectivity index (χ4v) is 19.6. The maximum Gasteiger partial charge on any atom is 0.220 e. The Hall–Kier alpha value is -13.9. The van der Waals surface area contributed by atoms with Crippen molar-refractivity contribution < 1.29 is 65.1 Å². The van der Waals surface area contributed by atoms with Crippen molar-refractivity contribution in [2.75, 3.05) is 69.9 Å². The van der Waals surface area contributed by atoms with E-state index in [4.69, 9.17) is 99.4 Å². The topological polar surface area (TPSA) is 393 Å². The summed E-state index contributed by atoms with van der Waals surface area (Å²) >= 11 is 18.5. The molecule has 34 nitrogen and oxygen atoms in total. The van der Waals surface area contributed by atoms with Gasteiger partial charge in [0.25, 0.3) is 0 Å². The maximum absolute atomic E-state index is 15.8. The molecule has 772 valence electrons. The molecule has 0 radical (unpaired) electrons. The van der Waals surface area contributed by atoms with Crippen molar-refractivity contribution in [2.45, 2.75) is 190 Å². The molecule has 3 atom stereocenters. The number of nitrogens with one attached hydrogen (secondary N) is 3. The number of rotatable bonds is 24. The van der Waals surface area contributed by atoms with E-state index in [0.717, 1.165) is 160 Å². The molecule has 3 aliphatic carbocycles. The van der Waals surface area contributed by atoms with Crippen LogP contribution < -0.4 is 46.4 Å². The van der Waals surface area contributed by atoms with Crippen molar-refractivity contribution in [1.29, 1.82) is 0 Å². The number of fused-ring (bicyclic) bond motifs is 4. The zero-order chi connectivity index (χ0) is 104. The molecular weight excluding hydrogens is 1950 g/mol. The molecule has 15 aromatic rings. The standard InChI is InChI=1S/C29H33FN6O3.C25H26FN5O2.C24H26ClFN6O2.C12H13Cl2N3O.C12H14FN3O.C4H7NO/c1-16-15-35(3)34-26(16)20-10-11-21(28(38-4)25(20)30)33-22-13-19(14-23(37)18-8-9-18)32-29-27(22)31-17(2)36(29)24-7-5-6-12-39-24;1-13-12-31(3)30-23(13)17-7-8-18(25(33-4)22(17)26)29-20-10-16(11-21(32)15-5-6-15)28-19-9-14(2)27-24(19)20;1-13-12-31(3)30-21(13)15-8-9-16(23(33-4)20(15)26)28-17-11-18(25)29-24-22(17)27-14(2)32(24)19-7-5-6-10-34-19;1-7-15-11-8(13)6-9(14)16-12(11)17(7)10-4-2-3-5-18-10;1-7-6-16(2)15-11(7)8-4-5-9(14)12(17-3)10(8)13;5-4(6)3-1-2-3/h10-11,13,15,18,24H,5-9,12,14H2,1-4H3,(H,32,33);7-8,10,12,15H,5-6,9,11H2,1-4H3,(H,28,29);8-9,11-12,19H,5-7,10H2,1-4H3,(H,28,29);6,10H,2-5H2,1H3;4-6H,14H2,1-3H3;3H,1-2H2,(H2,5,6). The van der Waals surface area contributed by atoms with Gasteiger partial charge in [-0.1, -0.05) is 34.8 Å². The van der Waals surface area contributed by atoms with Crippen LogP contribution in [0.25, 0.3) is 78.5 Å². The summed E-state index contributed by atoms with van der Waals surface area (Å²) in [4.78, 5) is 72.2. The van der Waals surface area contributed by atoms with E-state index in [-0.39, 0.29) is 89.0 Å². The van der Waals surface area contributed by atoms with Crippen LogP contribution in [0.3, 0.4) is 0 Å². The summed E-state index contributed by atoms with van der Waals surface area (Å²) in [5, 5.41) is 28.5. The lowest BCUT2D eigenvalue weighted by molar-refractivity contribution is -0.120. The Labute approximate surface area is 862 Å². The van der Waals surface area contributed by atoms with Crippen LogP contribution in [0, 0.1) is 89.5 Å². The van der Waals surface area contributed by atoms with Crippen LogP contribution in [0.15, 0.2) is 103 Å². The van der Waals surface area contributed by atoms with Crippen LogP contribution >= 0.6 is 34.8 Å². The van der Waals surface area contributed by atoms with E-state index in [2.05, 4.69) is 56.3 Å². The number of halogens is 7. The summed E-state index contributed by atoms with van der Waals surface area (Å²) in [5.41, 5.74) is 29.2. The molecule has 15 heterocycles. The largest absolute Gasteiger partial charge is 0.492 e. The van der Waals surface area contributed by atoms with E-state index < -0.39 is 23.3 Å². The maximum atomic E-state index is 15.8. The minimum Gasteiger partial charge on any atom is -0.492 e. The van der Waals surface area contributed by atoms with Crippen molar-refractivity contribution in [3.8, 4) is 68.0 Å². The molecule has 0 spiro atoms. The van der Waals surface area contributed by atoms with Gasteiger partial charge in [0.1, 0.15) is 80.3 Å². The molecule has 11 aromatic heterocycles. The Bertz CT molecular complexity index is 7540. The molecule has 6 fully saturated rings. The molecule has 3 unspecified atom stereocenters. The second kappa shape index (κ2) is 44.8. The Morgan fingerprint density at radius 1 is 0.408 bits per heavy atom. The molecule has 4 aliphatic heterocycles. The molecule has 7 N–H and O–H groups in total. The number of hydrogen-bond donors (Lipinski definition) is 5. The molecule has 147 heavy (non-hydrogen) atoms. The normalized spacial score (nSPS) is 16.3. The first-order chi connectivity index (χ1) is 70.5. The number of nitrogens with zero attached hydrogens (tertiary/aromatic N) is 19. The van der Waals surface area contributed by atoms with Crippen molar-refractivity contribution in [3.63, 3.8) is 0 Å². The van der Waals surface area contributed by atoms with Gasteiger partial charge in [-0.15, -0.1) is 0 Å². The van der Waals surface area contributed by atoms with Crippen molar-refractivity contribution >= 4 is 137 Å². The minimum absolute atomic E-state index is 0.00853. The fourth-order valence-electron chi connectivity index (χ4n) is 18.9. The van der Waals surface area contributed by atoms with Crippen LogP contribution in [0.2, 0.25) is 15.3 Å². The number of benzene rings is 4. The quantitative estimate of drug-likeness (QED) is 0.0213. The summed E-state index contributed by atoms with van der Waals surface area (Å²) < 4.78 is 113. The number of anilines is 7. The lowest BCUT2D eigenvalue weighted by atomic mass is 10.1. The number of nitrogens with two attached hydrogens (primary N) is 2. The first-order valence-electron chi connectivity index (χ1n) is 49.0. The molecule has 22 rings (SSSR count). The Morgan fingerprint density at radius 3 is 1.10 bits per heavy atom. The number of imidazole rings is 3. The number of nitrogen functional groups attached to an aromatic ring is 1. The zero-order valence-corrected chi connectivity index (χ0v) is 87.2. The molecule has 1 amide bonds. The highest BCUT2D eigenvalue weighted by molar-refractivity contribution is 6.37. The van der Waals surface area contributed by atoms with Gasteiger partial charge < -0.3 is 60.6 Å². The van der Waals surface area contributed by atoms with Gasteiger partial charge in [0.05, 0.1) is 113 Å². The lowest BCUT2D eigenvalue weighted by Crippen LogP contribution is -2.19. The molecule has 3 saturated carbocycles. The van der Waals surface area contributed by atoms with E-state index in [0.29, 0.717) is 165 Å². The second-order valence-corrected chi connectivity index (χ2v) is 39.1. The highest BCUT2D eigenvalue weighted by atomic mass is 35.5. The number of carbonyl (C=O) groups excluding carboxylic acids is 3. The first-order valence-corrected chi connectivity index (χ1v) is 50.1. The molecule has 41 heteroatoms. The fraction of sp³-hybridized carbons (Fsp3) is 0.406. The van der Waals surface area contributed by atoms with Crippen molar-refractivity contribution in [3.05, 3.63) is 193 Å². The number of ketones is 2. The average Bonchev–Trinajstić information content (AvgIpc) is 1.56. The van der Waals surface area contributed by atoms with Gasteiger partial charge in [0.15, 0.2) is 63.2 Å². The third-order valence-electron chi connectivity index (χ3n) is 26.5. The first kappa shape index (κ1) is 104. The number of primary amides is 1. The second-order valence-electron chi connectivity index (χ2n) is 37.9. The number of carbonyl (C=O) groups is 3. The highest BCUT2D eigenvalue weighted by Gasteiger charge is 2.36. The molecule has 0 bridgehead atoms. The average molecular weight is 2070 g/mol. The number of amides is 1. The molecule has 4 aromatic carbocycles. The monoisotopic (exact) mass is 2070 g/mol. The SMILES string of the molecule is COc1c(N)ccc(-c2nn(C)cc2C)c1F.COc1c(Nc2cc(CC(=O)C3CC3)nc3c2N=C(C)C3)ccc(-c2nn(C)cc2C)c1F.COc1c(Nc2cc(CC(=O)C3CC3)nc3c2nc(C)n3C2CCCCO2)ccc(-c2nn(C)cc2C)c1F.COc1c(Nc2cc(Cl)nc3c2nc(C)n3C2CCCCO2)ccc(-c2nn(C)cc2C)c1F.Cc1nc2c(Cl)cc(Cl)nc2n1C1CCCCO1.NC(=O)C1CC1. The van der Waals surface area contributed by atoms with Gasteiger partial charge in [0, 0.05) is 144 Å². The van der Waals surface area contributed by atoms with E-state index in [9.17, 15) is 18.8 Å².